The van der Waals surface area contributed by atoms with Crippen molar-refractivity contribution in [1.29, 1.82) is 0 Å². The van der Waals surface area contributed by atoms with E-state index in [1.54, 1.807) is 35.2 Å². The van der Waals surface area contributed by atoms with Gasteiger partial charge in [-0.25, -0.2) is 8.42 Å². The number of rotatable bonds is 4. The molecule has 3 aromatic carbocycles. The van der Waals surface area contributed by atoms with E-state index in [-0.39, 0.29) is 23.2 Å². The highest BCUT2D eigenvalue weighted by molar-refractivity contribution is 7.89. The number of benzene rings is 3. The van der Waals surface area contributed by atoms with E-state index in [4.69, 9.17) is 11.6 Å². The summed E-state index contributed by atoms with van der Waals surface area (Å²) in [6.45, 7) is 2.23. The topological polar surface area (TPSA) is 78.5 Å². The molecule has 0 unspecified atom stereocenters. The molecule has 168 valence electrons. The van der Waals surface area contributed by atoms with Crippen LogP contribution in [0.25, 0.3) is 10.8 Å². The lowest BCUT2D eigenvalue weighted by atomic mass is 10.0. The number of sulfonamides is 1. The molecule has 0 bridgehead atoms. The molecule has 32 heavy (non-hydrogen) atoms. The fourth-order valence-corrected chi connectivity index (χ4v) is 5.74. The molecule has 2 aliphatic heterocycles. The van der Waals surface area contributed by atoms with Gasteiger partial charge in [0.2, 0.25) is 15.9 Å². The maximum Gasteiger partial charge on any atom is 0.245 e. The standard InChI is InChI=1S/C23H22ClN3O3S.ClH/c24-19-4-1-17-13-21(6-3-16(17)11-19)31(29,30)26-22-8-10-27(23(22)28)20-5-2-15-7-9-25-14-18(15)12-20;/h1-6,11-13,22,25-26H,7-10,14H2;1H/t22-;/m0./s1. The summed E-state index contributed by atoms with van der Waals surface area (Å²) in [5.41, 5.74) is 3.30. The third-order valence-electron chi connectivity index (χ3n) is 5.98. The van der Waals surface area contributed by atoms with Gasteiger partial charge in [0.1, 0.15) is 6.04 Å². The van der Waals surface area contributed by atoms with Crippen LogP contribution in [0.4, 0.5) is 5.69 Å². The maximum atomic E-state index is 13.0. The van der Waals surface area contributed by atoms with Crippen molar-refractivity contribution in [3.05, 3.63) is 70.7 Å². The van der Waals surface area contributed by atoms with Gasteiger partial charge in [0.15, 0.2) is 0 Å². The van der Waals surface area contributed by atoms with Crippen molar-refractivity contribution in [1.82, 2.24) is 10.0 Å². The number of halogens is 2. The van der Waals surface area contributed by atoms with Crippen LogP contribution in [0.5, 0.6) is 0 Å². The molecule has 1 atom stereocenters. The number of carbonyl (C=O) groups is 1. The number of nitrogens with one attached hydrogen (secondary N) is 2. The van der Waals surface area contributed by atoms with E-state index in [0.717, 1.165) is 36.0 Å². The zero-order valence-corrected chi connectivity index (χ0v) is 19.6. The molecular weight excluding hydrogens is 469 g/mol. The molecule has 0 radical (unpaired) electrons. The Morgan fingerprint density at radius 2 is 1.78 bits per heavy atom. The number of anilines is 1. The van der Waals surface area contributed by atoms with E-state index in [9.17, 15) is 13.2 Å². The summed E-state index contributed by atoms with van der Waals surface area (Å²) >= 11 is 6.00. The van der Waals surface area contributed by atoms with Crippen molar-refractivity contribution in [2.24, 2.45) is 0 Å². The third-order valence-corrected chi connectivity index (χ3v) is 7.68. The van der Waals surface area contributed by atoms with Crippen LogP contribution in [0.1, 0.15) is 17.5 Å². The first kappa shape index (κ1) is 23.0. The molecule has 0 spiro atoms. The largest absolute Gasteiger partial charge is 0.312 e. The lowest BCUT2D eigenvalue weighted by molar-refractivity contribution is -0.118. The van der Waals surface area contributed by atoms with Gasteiger partial charge in [0.05, 0.1) is 4.90 Å². The van der Waals surface area contributed by atoms with Gasteiger partial charge in [-0.3, -0.25) is 4.79 Å². The minimum absolute atomic E-state index is 0. The van der Waals surface area contributed by atoms with E-state index in [0.29, 0.717) is 18.0 Å². The van der Waals surface area contributed by atoms with Gasteiger partial charge >= 0.3 is 0 Å². The number of hydrogen-bond donors (Lipinski definition) is 2. The highest BCUT2D eigenvalue weighted by atomic mass is 35.5. The SMILES string of the molecule is Cl.O=C1[C@@H](NS(=O)(=O)c2ccc3cc(Cl)ccc3c2)CCN1c1ccc2c(c1)CNCC2. The minimum atomic E-state index is -3.84. The van der Waals surface area contributed by atoms with Crippen LogP contribution < -0.4 is 14.9 Å². The second-order valence-electron chi connectivity index (χ2n) is 7.99. The summed E-state index contributed by atoms with van der Waals surface area (Å²) in [6.07, 6.45) is 1.40. The lowest BCUT2D eigenvalue weighted by Gasteiger charge is -2.22. The number of carbonyl (C=O) groups excluding carboxylic acids is 1. The monoisotopic (exact) mass is 491 g/mol. The second-order valence-corrected chi connectivity index (χ2v) is 10.1. The van der Waals surface area contributed by atoms with Crippen LogP contribution in [0, 0.1) is 0 Å². The molecule has 9 heteroatoms. The van der Waals surface area contributed by atoms with Crippen LogP contribution in [0.2, 0.25) is 5.02 Å². The highest BCUT2D eigenvalue weighted by Gasteiger charge is 2.36. The highest BCUT2D eigenvalue weighted by Crippen LogP contribution is 2.27. The van der Waals surface area contributed by atoms with Crippen molar-refractivity contribution >= 4 is 56.4 Å². The molecule has 1 saturated heterocycles. The Bertz CT molecular complexity index is 1300. The van der Waals surface area contributed by atoms with Gasteiger partial charge in [-0.2, -0.15) is 4.72 Å². The molecule has 3 aromatic rings. The van der Waals surface area contributed by atoms with Crippen LogP contribution in [0.3, 0.4) is 0 Å². The Morgan fingerprint density at radius 3 is 2.62 bits per heavy atom. The number of hydrogen-bond acceptors (Lipinski definition) is 4. The van der Waals surface area contributed by atoms with Crippen LogP contribution in [-0.4, -0.2) is 33.5 Å². The minimum Gasteiger partial charge on any atom is -0.312 e. The molecule has 0 saturated carbocycles. The Morgan fingerprint density at radius 1 is 1.00 bits per heavy atom. The molecule has 6 nitrogen and oxygen atoms in total. The lowest BCUT2D eigenvalue weighted by Crippen LogP contribution is -2.41. The zero-order chi connectivity index (χ0) is 21.6. The number of nitrogens with zero attached hydrogens (tertiary/aromatic N) is 1. The summed E-state index contributed by atoms with van der Waals surface area (Å²) in [7, 11) is -3.84. The zero-order valence-electron chi connectivity index (χ0n) is 17.2. The van der Waals surface area contributed by atoms with Crippen molar-refractivity contribution in [3.8, 4) is 0 Å². The van der Waals surface area contributed by atoms with Gasteiger partial charge in [-0.15, -0.1) is 12.4 Å². The smallest absolute Gasteiger partial charge is 0.245 e. The van der Waals surface area contributed by atoms with Crippen molar-refractivity contribution in [2.75, 3.05) is 18.0 Å². The van der Waals surface area contributed by atoms with Gasteiger partial charge < -0.3 is 10.2 Å². The van der Waals surface area contributed by atoms with Crippen molar-refractivity contribution in [2.45, 2.75) is 30.3 Å². The maximum absolute atomic E-state index is 13.0. The predicted molar refractivity (Wildman–Crippen MR) is 129 cm³/mol. The Balaban J connectivity index is 0.00000245. The molecule has 5 rings (SSSR count). The van der Waals surface area contributed by atoms with E-state index in [1.807, 2.05) is 12.1 Å². The predicted octanol–water partition coefficient (Wildman–Crippen LogP) is 3.64. The van der Waals surface area contributed by atoms with Crippen LogP contribution in [-0.2, 0) is 27.8 Å². The Hall–Kier alpha value is -2.16. The van der Waals surface area contributed by atoms with E-state index in [1.165, 1.54) is 17.2 Å². The Labute approximate surface area is 198 Å². The van der Waals surface area contributed by atoms with Crippen molar-refractivity contribution < 1.29 is 13.2 Å². The first-order chi connectivity index (χ1) is 14.9. The van der Waals surface area contributed by atoms with Crippen LogP contribution >= 0.6 is 24.0 Å². The average Bonchev–Trinajstić information content (AvgIpc) is 3.12. The molecule has 0 aliphatic carbocycles. The Kier molecular flexibility index (Phi) is 6.47. The van der Waals surface area contributed by atoms with Crippen LogP contribution in [0.15, 0.2) is 59.5 Å². The number of amides is 1. The first-order valence-electron chi connectivity index (χ1n) is 10.3. The molecule has 2 N–H and O–H groups in total. The second kappa shape index (κ2) is 9.00. The molecule has 0 aromatic heterocycles. The van der Waals surface area contributed by atoms with E-state index >= 15 is 0 Å². The average molecular weight is 492 g/mol. The fraction of sp³-hybridized carbons (Fsp3) is 0.261. The van der Waals surface area contributed by atoms with E-state index in [2.05, 4.69) is 16.1 Å². The van der Waals surface area contributed by atoms with Gasteiger partial charge in [0.25, 0.3) is 0 Å². The fourth-order valence-electron chi connectivity index (χ4n) is 4.30. The first-order valence-corrected chi connectivity index (χ1v) is 12.1. The van der Waals surface area contributed by atoms with E-state index < -0.39 is 16.1 Å². The van der Waals surface area contributed by atoms with Gasteiger partial charge in [-0.05, 0) is 77.7 Å². The molecule has 2 heterocycles. The summed E-state index contributed by atoms with van der Waals surface area (Å²) in [5, 5.41) is 5.56. The molecular formula is C23H23Cl2N3O3S. The summed E-state index contributed by atoms with van der Waals surface area (Å²) in [6, 6.07) is 15.4. The summed E-state index contributed by atoms with van der Waals surface area (Å²) in [5.74, 6) is -0.222. The van der Waals surface area contributed by atoms with Gasteiger partial charge in [0, 0.05) is 23.8 Å². The molecule has 1 fully saturated rings. The number of fused-ring (bicyclic) bond motifs is 2. The third kappa shape index (κ3) is 4.36. The van der Waals surface area contributed by atoms with Gasteiger partial charge in [-0.1, -0.05) is 29.8 Å². The summed E-state index contributed by atoms with van der Waals surface area (Å²) in [4.78, 5) is 14.8. The quantitative estimate of drug-likeness (QED) is 0.583. The molecule has 2 aliphatic rings. The summed E-state index contributed by atoms with van der Waals surface area (Å²) < 4.78 is 28.5. The normalized spacial score (nSPS) is 18.5. The van der Waals surface area contributed by atoms with Crippen molar-refractivity contribution in [3.63, 3.8) is 0 Å². The molecule has 1 amide bonds.